The topological polar surface area (TPSA) is 46.4 Å². The molecular formula is C15H20BrN3O. The summed E-state index contributed by atoms with van der Waals surface area (Å²) >= 11 is 3.48. The number of hydrogen-bond donors (Lipinski definition) is 1. The van der Waals surface area contributed by atoms with Gasteiger partial charge in [0.05, 0.1) is 5.69 Å². The lowest BCUT2D eigenvalue weighted by molar-refractivity contribution is 0.0932. The van der Waals surface area contributed by atoms with E-state index in [2.05, 4.69) is 33.2 Å². The molecule has 0 aliphatic heterocycles. The lowest BCUT2D eigenvalue weighted by Gasteiger charge is -2.12. The Balaban J connectivity index is 2.58. The van der Waals surface area contributed by atoms with Crippen LogP contribution in [-0.4, -0.2) is 21.3 Å². The number of rotatable bonds is 4. The second kappa shape index (κ2) is 5.95. The van der Waals surface area contributed by atoms with Crippen LogP contribution in [0.3, 0.4) is 0 Å². The molecule has 0 aromatic carbocycles. The van der Waals surface area contributed by atoms with E-state index in [0.29, 0.717) is 5.69 Å². The van der Waals surface area contributed by atoms with Crippen molar-refractivity contribution in [2.75, 3.05) is 0 Å². The van der Waals surface area contributed by atoms with Crippen LogP contribution in [-0.2, 0) is 6.42 Å². The van der Waals surface area contributed by atoms with Crippen molar-refractivity contribution in [3.8, 4) is 0 Å². The maximum Gasteiger partial charge on any atom is 0.270 e. The molecule has 0 spiro atoms. The number of aryl methyl sites for hydroxylation is 2. The van der Waals surface area contributed by atoms with E-state index in [1.165, 1.54) is 0 Å². The fourth-order valence-electron chi connectivity index (χ4n) is 2.20. The van der Waals surface area contributed by atoms with Crippen LogP contribution >= 0.6 is 15.9 Å². The van der Waals surface area contributed by atoms with Crippen LogP contribution in [0, 0.1) is 6.92 Å². The average molecular weight is 338 g/mol. The van der Waals surface area contributed by atoms with Crippen molar-refractivity contribution in [2.45, 2.75) is 46.6 Å². The van der Waals surface area contributed by atoms with Gasteiger partial charge in [-0.1, -0.05) is 13.8 Å². The molecule has 2 heterocycles. The summed E-state index contributed by atoms with van der Waals surface area (Å²) < 4.78 is 2.83. The van der Waals surface area contributed by atoms with Gasteiger partial charge in [-0.25, -0.2) is 4.98 Å². The number of imidazole rings is 1. The Bertz CT molecular complexity index is 648. The van der Waals surface area contributed by atoms with E-state index in [4.69, 9.17) is 0 Å². The summed E-state index contributed by atoms with van der Waals surface area (Å²) in [5, 5.41) is 3.02. The second-order valence-electron chi connectivity index (χ2n) is 5.08. The van der Waals surface area contributed by atoms with Crippen molar-refractivity contribution in [3.63, 3.8) is 0 Å². The predicted octanol–water partition coefficient (Wildman–Crippen LogP) is 3.50. The molecule has 5 heteroatoms. The van der Waals surface area contributed by atoms with Crippen molar-refractivity contribution < 1.29 is 4.79 Å². The number of amides is 1. The molecule has 20 heavy (non-hydrogen) atoms. The zero-order valence-corrected chi connectivity index (χ0v) is 13.9. The third kappa shape index (κ3) is 2.73. The first-order valence-electron chi connectivity index (χ1n) is 6.95. The molecule has 2 rings (SSSR count). The van der Waals surface area contributed by atoms with Crippen molar-refractivity contribution in [1.29, 1.82) is 0 Å². The van der Waals surface area contributed by atoms with Gasteiger partial charge in [-0.3, -0.25) is 9.20 Å². The van der Waals surface area contributed by atoms with Gasteiger partial charge in [0.1, 0.15) is 11.3 Å². The van der Waals surface area contributed by atoms with E-state index in [0.717, 1.165) is 34.2 Å². The zero-order chi connectivity index (χ0) is 14.9. The molecule has 2 aromatic heterocycles. The van der Waals surface area contributed by atoms with Gasteiger partial charge < -0.3 is 5.32 Å². The number of halogens is 1. The number of nitrogens with zero attached hydrogens (tertiary/aromatic N) is 2. The molecular weight excluding hydrogens is 318 g/mol. The number of carbonyl (C=O) groups excluding carboxylic acids is 1. The van der Waals surface area contributed by atoms with Crippen LogP contribution in [0.15, 0.2) is 16.7 Å². The molecule has 2 aromatic rings. The Kier molecular flexibility index (Phi) is 4.48. The molecule has 0 aliphatic carbocycles. The number of carbonyl (C=O) groups is 1. The van der Waals surface area contributed by atoms with E-state index in [9.17, 15) is 4.79 Å². The minimum atomic E-state index is -0.0544. The van der Waals surface area contributed by atoms with E-state index in [-0.39, 0.29) is 11.9 Å². The fourth-order valence-corrected chi connectivity index (χ4v) is 2.74. The standard InChI is InChI=1S/C15H20BrN3O/c1-5-10(4)17-15(20)13-12(6-2)18-14-9(3)7-11(16)8-19(13)14/h7-8,10H,5-6H2,1-4H3,(H,17,20). The fraction of sp³-hybridized carbons (Fsp3) is 0.467. The molecule has 1 unspecified atom stereocenters. The molecule has 0 bridgehead atoms. The number of nitrogens with one attached hydrogen (secondary N) is 1. The first-order chi connectivity index (χ1) is 9.47. The normalized spacial score (nSPS) is 12.7. The monoisotopic (exact) mass is 337 g/mol. The Labute approximate surface area is 127 Å². The smallest absolute Gasteiger partial charge is 0.270 e. The molecule has 1 amide bonds. The molecule has 0 fully saturated rings. The van der Waals surface area contributed by atoms with Crippen LogP contribution in [0.25, 0.3) is 5.65 Å². The van der Waals surface area contributed by atoms with Crippen molar-refractivity contribution in [2.24, 2.45) is 0 Å². The molecule has 0 saturated carbocycles. The molecule has 4 nitrogen and oxygen atoms in total. The number of aromatic nitrogens is 2. The molecule has 0 saturated heterocycles. The summed E-state index contributed by atoms with van der Waals surface area (Å²) in [6.45, 7) is 8.09. The summed E-state index contributed by atoms with van der Waals surface area (Å²) in [4.78, 5) is 17.1. The largest absolute Gasteiger partial charge is 0.348 e. The number of hydrogen-bond acceptors (Lipinski definition) is 2. The van der Waals surface area contributed by atoms with Crippen LogP contribution in [0.1, 0.15) is 48.9 Å². The Morgan fingerprint density at radius 1 is 1.50 bits per heavy atom. The quantitative estimate of drug-likeness (QED) is 0.928. The van der Waals surface area contributed by atoms with Gasteiger partial charge in [0.2, 0.25) is 0 Å². The van der Waals surface area contributed by atoms with Gasteiger partial charge in [0.25, 0.3) is 5.91 Å². The van der Waals surface area contributed by atoms with Crippen LogP contribution in [0.2, 0.25) is 0 Å². The molecule has 0 aliphatic rings. The van der Waals surface area contributed by atoms with Crippen LogP contribution in [0.5, 0.6) is 0 Å². The second-order valence-corrected chi connectivity index (χ2v) is 5.99. The van der Waals surface area contributed by atoms with E-state index in [1.54, 1.807) is 0 Å². The van der Waals surface area contributed by atoms with Crippen molar-refractivity contribution in [3.05, 3.63) is 33.7 Å². The highest BCUT2D eigenvalue weighted by molar-refractivity contribution is 9.10. The highest BCUT2D eigenvalue weighted by Crippen LogP contribution is 2.21. The SMILES string of the molecule is CCc1nc2c(C)cc(Br)cn2c1C(=O)NC(C)CC. The highest BCUT2D eigenvalue weighted by atomic mass is 79.9. The maximum absolute atomic E-state index is 12.5. The number of pyridine rings is 1. The molecule has 1 atom stereocenters. The van der Waals surface area contributed by atoms with E-state index in [1.807, 2.05) is 37.4 Å². The first-order valence-corrected chi connectivity index (χ1v) is 7.75. The third-order valence-corrected chi connectivity index (χ3v) is 3.92. The molecule has 108 valence electrons. The molecule has 1 N–H and O–H groups in total. The van der Waals surface area contributed by atoms with Crippen molar-refractivity contribution in [1.82, 2.24) is 14.7 Å². The predicted molar refractivity (Wildman–Crippen MR) is 84.2 cm³/mol. The Hall–Kier alpha value is -1.36. The van der Waals surface area contributed by atoms with Gasteiger partial charge in [0.15, 0.2) is 0 Å². The maximum atomic E-state index is 12.5. The summed E-state index contributed by atoms with van der Waals surface area (Å²) in [6, 6.07) is 2.17. The highest BCUT2D eigenvalue weighted by Gasteiger charge is 2.20. The summed E-state index contributed by atoms with van der Waals surface area (Å²) in [5.74, 6) is -0.0544. The van der Waals surface area contributed by atoms with E-state index >= 15 is 0 Å². The van der Waals surface area contributed by atoms with Gasteiger partial charge in [0, 0.05) is 16.7 Å². The van der Waals surface area contributed by atoms with Gasteiger partial charge in [-0.2, -0.15) is 0 Å². The van der Waals surface area contributed by atoms with E-state index < -0.39 is 0 Å². The minimum Gasteiger partial charge on any atom is -0.348 e. The average Bonchev–Trinajstić information content (AvgIpc) is 2.77. The first kappa shape index (κ1) is 15.0. The van der Waals surface area contributed by atoms with Gasteiger partial charge in [-0.15, -0.1) is 0 Å². The Morgan fingerprint density at radius 3 is 2.80 bits per heavy atom. The number of fused-ring (bicyclic) bond motifs is 1. The Morgan fingerprint density at radius 2 is 2.20 bits per heavy atom. The molecule has 0 radical (unpaired) electrons. The summed E-state index contributed by atoms with van der Waals surface area (Å²) in [5.41, 5.74) is 3.38. The van der Waals surface area contributed by atoms with Crippen LogP contribution < -0.4 is 5.32 Å². The summed E-state index contributed by atoms with van der Waals surface area (Å²) in [6.07, 6.45) is 3.55. The van der Waals surface area contributed by atoms with Gasteiger partial charge >= 0.3 is 0 Å². The van der Waals surface area contributed by atoms with Gasteiger partial charge in [-0.05, 0) is 54.2 Å². The van der Waals surface area contributed by atoms with Crippen molar-refractivity contribution >= 4 is 27.5 Å². The van der Waals surface area contributed by atoms with Crippen LogP contribution in [0.4, 0.5) is 0 Å². The zero-order valence-electron chi connectivity index (χ0n) is 12.3. The lowest BCUT2D eigenvalue weighted by Crippen LogP contribution is -2.33. The third-order valence-electron chi connectivity index (χ3n) is 3.48. The summed E-state index contributed by atoms with van der Waals surface area (Å²) in [7, 11) is 0. The lowest BCUT2D eigenvalue weighted by atomic mass is 10.2. The minimum absolute atomic E-state index is 0.0544.